The fourth-order valence-corrected chi connectivity index (χ4v) is 2.97. The van der Waals surface area contributed by atoms with Gasteiger partial charge in [-0.25, -0.2) is 4.39 Å². The molecule has 1 saturated heterocycles. The number of hydrogen-bond donors (Lipinski definition) is 1. The molecule has 3 heteroatoms. The van der Waals surface area contributed by atoms with Gasteiger partial charge in [0.25, 0.3) is 0 Å². The van der Waals surface area contributed by atoms with Gasteiger partial charge in [-0.3, -0.25) is 4.90 Å². The van der Waals surface area contributed by atoms with E-state index in [2.05, 4.69) is 24.1 Å². The number of nitrogens with one attached hydrogen (secondary N) is 1. The van der Waals surface area contributed by atoms with Gasteiger partial charge >= 0.3 is 0 Å². The Hall–Kier alpha value is -0.930. The second-order valence-corrected chi connectivity index (χ2v) is 5.48. The van der Waals surface area contributed by atoms with Crippen LogP contribution >= 0.6 is 0 Å². The summed E-state index contributed by atoms with van der Waals surface area (Å²) in [5.41, 5.74) is 0.818. The third-order valence-electron chi connectivity index (χ3n) is 4.26. The lowest BCUT2D eigenvalue weighted by atomic mass is 9.96. The van der Waals surface area contributed by atoms with Crippen molar-refractivity contribution in [3.8, 4) is 0 Å². The van der Waals surface area contributed by atoms with Gasteiger partial charge in [-0.15, -0.1) is 0 Å². The lowest BCUT2D eigenvalue weighted by Gasteiger charge is -2.33. The Bertz CT molecular complexity index is 388. The van der Waals surface area contributed by atoms with E-state index in [-0.39, 0.29) is 11.9 Å². The van der Waals surface area contributed by atoms with Crippen molar-refractivity contribution in [1.82, 2.24) is 10.2 Å². The van der Waals surface area contributed by atoms with Gasteiger partial charge in [0.15, 0.2) is 0 Å². The lowest BCUT2D eigenvalue weighted by molar-refractivity contribution is 0.166. The number of halogens is 1. The van der Waals surface area contributed by atoms with Gasteiger partial charge in [0.2, 0.25) is 0 Å². The highest BCUT2D eigenvalue weighted by Crippen LogP contribution is 2.25. The first kappa shape index (κ1) is 14.5. The number of rotatable bonds is 5. The van der Waals surface area contributed by atoms with Gasteiger partial charge in [-0.2, -0.15) is 0 Å². The molecule has 2 rings (SSSR count). The molecule has 1 unspecified atom stereocenters. The summed E-state index contributed by atoms with van der Waals surface area (Å²) in [5.74, 6) is 0.661. The first-order valence-corrected chi connectivity index (χ1v) is 7.41. The minimum absolute atomic E-state index is 0.0845. The maximum atomic E-state index is 13.9. The molecule has 1 heterocycles. The number of piperidine rings is 1. The molecule has 0 aromatic heterocycles. The van der Waals surface area contributed by atoms with Crippen LogP contribution in [0.5, 0.6) is 0 Å². The minimum atomic E-state index is -0.0845. The number of nitrogens with zero attached hydrogens (tertiary/aromatic N) is 1. The fourth-order valence-electron chi connectivity index (χ4n) is 2.97. The van der Waals surface area contributed by atoms with Crippen LogP contribution in [0.3, 0.4) is 0 Å². The normalized spacial score (nSPS) is 18.7. The molecule has 19 heavy (non-hydrogen) atoms. The van der Waals surface area contributed by atoms with E-state index in [1.807, 2.05) is 12.1 Å². The van der Waals surface area contributed by atoms with Crippen LogP contribution in [0, 0.1) is 11.7 Å². The SMILES string of the molecule is CCN(CC1CCNCC1)C(C)c1ccccc1F. The predicted molar refractivity (Wildman–Crippen MR) is 77.7 cm³/mol. The maximum Gasteiger partial charge on any atom is 0.127 e. The Kier molecular flexibility index (Phi) is 5.34. The molecule has 0 saturated carbocycles. The van der Waals surface area contributed by atoms with Crippen molar-refractivity contribution < 1.29 is 4.39 Å². The van der Waals surface area contributed by atoms with E-state index >= 15 is 0 Å². The molecule has 1 aromatic carbocycles. The van der Waals surface area contributed by atoms with E-state index in [9.17, 15) is 4.39 Å². The molecule has 2 nitrogen and oxygen atoms in total. The Labute approximate surface area is 116 Å². The summed E-state index contributed by atoms with van der Waals surface area (Å²) in [7, 11) is 0. The van der Waals surface area contributed by atoms with Crippen LogP contribution in [0.1, 0.15) is 38.3 Å². The van der Waals surface area contributed by atoms with Crippen molar-refractivity contribution in [2.75, 3.05) is 26.2 Å². The van der Waals surface area contributed by atoms with E-state index in [1.54, 1.807) is 12.1 Å². The molecule has 106 valence electrons. The predicted octanol–water partition coefficient (Wildman–Crippen LogP) is 3.21. The van der Waals surface area contributed by atoms with Crippen LogP contribution in [0.25, 0.3) is 0 Å². The van der Waals surface area contributed by atoms with Crippen LogP contribution in [-0.2, 0) is 0 Å². The van der Waals surface area contributed by atoms with E-state index in [0.29, 0.717) is 0 Å². The van der Waals surface area contributed by atoms with Crippen molar-refractivity contribution in [3.05, 3.63) is 35.6 Å². The van der Waals surface area contributed by atoms with Crippen molar-refractivity contribution >= 4 is 0 Å². The third-order valence-corrected chi connectivity index (χ3v) is 4.26. The lowest BCUT2D eigenvalue weighted by Crippen LogP contribution is -2.37. The van der Waals surface area contributed by atoms with Crippen molar-refractivity contribution in [3.63, 3.8) is 0 Å². The first-order valence-electron chi connectivity index (χ1n) is 7.41. The molecule has 1 aliphatic rings. The molecule has 1 atom stereocenters. The second kappa shape index (κ2) is 7.01. The van der Waals surface area contributed by atoms with Crippen LogP contribution in [0.2, 0.25) is 0 Å². The van der Waals surface area contributed by atoms with Crippen molar-refractivity contribution in [1.29, 1.82) is 0 Å². The zero-order valence-electron chi connectivity index (χ0n) is 12.0. The van der Waals surface area contributed by atoms with Crippen LogP contribution in [0.15, 0.2) is 24.3 Å². The largest absolute Gasteiger partial charge is 0.317 e. The smallest absolute Gasteiger partial charge is 0.127 e. The summed E-state index contributed by atoms with van der Waals surface area (Å²) in [6.45, 7) is 8.57. The summed E-state index contributed by atoms with van der Waals surface area (Å²) < 4.78 is 13.9. The average molecular weight is 264 g/mol. The Balaban J connectivity index is 2.02. The summed E-state index contributed by atoms with van der Waals surface area (Å²) in [5, 5.41) is 3.40. The Morgan fingerprint density at radius 2 is 2.00 bits per heavy atom. The van der Waals surface area contributed by atoms with Gasteiger partial charge in [-0.05, 0) is 51.4 Å². The molecule has 0 radical (unpaired) electrons. The number of hydrogen-bond acceptors (Lipinski definition) is 2. The highest BCUT2D eigenvalue weighted by atomic mass is 19.1. The fraction of sp³-hybridized carbons (Fsp3) is 0.625. The van der Waals surface area contributed by atoms with Gasteiger partial charge in [0, 0.05) is 18.2 Å². The molecule has 0 aliphatic carbocycles. The van der Waals surface area contributed by atoms with Gasteiger partial charge in [0.1, 0.15) is 5.82 Å². The quantitative estimate of drug-likeness (QED) is 0.878. The van der Waals surface area contributed by atoms with Gasteiger partial charge in [-0.1, -0.05) is 25.1 Å². The summed E-state index contributed by atoms with van der Waals surface area (Å²) >= 11 is 0. The van der Waals surface area contributed by atoms with Crippen molar-refractivity contribution in [2.45, 2.75) is 32.7 Å². The Morgan fingerprint density at radius 3 is 2.63 bits per heavy atom. The summed E-state index contributed by atoms with van der Waals surface area (Å²) in [6.07, 6.45) is 2.47. The van der Waals surface area contributed by atoms with E-state index in [0.717, 1.165) is 37.7 Å². The van der Waals surface area contributed by atoms with Crippen LogP contribution in [-0.4, -0.2) is 31.1 Å². The van der Waals surface area contributed by atoms with E-state index in [4.69, 9.17) is 0 Å². The van der Waals surface area contributed by atoms with Gasteiger partial charge < -0.3 is 5.32 Å². The molecule has 0 amide bonds. The van der Waals surface area contributed by atoms with Crippen LogP contribution in [0.4, 0.5) is 4.39 Å². The maximum absolute atomic E-state index is 13.9. The van der Waals surface area contributed by atoms with Crippen molar-refractivity contribution in [2.24, 2.45) is 5.92 Å². The summed E-state index contributed by atoms with van der Waals surface area (Å²) in [4.78, 5) is 2.40. The highest BCUT2D eigenvalue weighted by molar-refractivity contribution is 5.20. The minimum Gasteiger partial charge on any atom is -0.317 e. The second-order valence-electron chi connectivity index (χ2n) is 5.48. The van der Waals surface area contributed by atoms with Gasteiger partial charge in [0.05, 0.1) is 0 Å². The monoisotopic (exact) mass is 264 g/mol. The zero-order chi connectivity index (χ0) is 13.7. The molecule has 1 fully saturated rings. The number of benzene rings is 1. The molecular formula is C16H25FN2. The zero-order valence-corrected chi connectivity index (χ0v) is 12.0. The topological polar surface area (TPSA) is 15.3 Å². The highest BCUT2D eigenvalue weighted by Gasteiger charge is 2.21. The van der Waals surface area contributed by atoms with E-state index < -0.39 is 0 Å². The molecule has 0 spiro atoms. The van der Waals surface area contributed by atoms with Crippen LogP contribution < -0.4 is 5.32 Å². The third kappa shape index (κ3) is 3.77. The summed E-state index contributed by atoms with van der Waals surface area (Å²) in [6, 6.07) is 7.30. The molecule has 0 bridgehead atoms. The Morgan fingerprint density at radius 1 is 1.32 bits per heavy atom. The standard InChI is InChI=1S/C16H25FN2/c1-3-19(12-14-8-10-18-11-9-14)13(2)15-6-4-5-7-16(15)17/h4-7,13-14,18H,3,8-12H2,1-2H3. The molecule has 1 aliphatic heterocycles. The average Bonchev–Trinajstić information content (AvgIpc) is 2.46. The molecular weight excluding hydrogens is 239 g/mol. The first-order chi connectivity index (χ1) is 9.22. The molecule has 1 aromatic rings. The van der Waals surface area contributed by atoms with E-state index in [1.165, 1.54) is 12.8 Å². The molecule has 1 N–H and O–H groups in total.